The Labute approximate surface area is 105 Å². The van der Waals surface area contributed by atoms with E-state index in [0.29, 0.717) is 23.9 Å². The van der Waals surface area contributed by atoms with Crippen LogP contribution in [0.1, 0.15) is 32.1 Å². The number of nitrogens with one attached hydrogen (secondary N) is 1. The Kier molecular flexibility index (Phi) is 4.10. The summed E-state index contributed by atoms with van der Waals surface area (Å²) in [6, 6.07) is 2.06. The van der Waals surface area contributed by atoms with Crippen LogP contribution in [-0.4, -0.2) is 57.0 Å². The summed E-state index contributed by atoms with van der Waals surface area (Å²) in [6.07, 6.45) is 7.17. The average Bonchev–Trinajstić information content (AvgIpc) is 2.55. The van der Waals surface area contributed by atoms with E-state index < -0.39 is 9.84 Å². The third-order valence-electron chi connectivity index (χ3n) is 4.10. The van der Waals surface area contributed by atoms with Crippen LogP contribution in [0.25, 0.3) is 0 Å². The fourth-order valence-electron chi connectivity index (χ4n) is 3.15. The van der Waals surface area contributed by atoms with Crippen molar-refractivity contribution in [3.05, 3.63) is 0 Å². The molecular weight excluding hydrogens is 236 g/mol. The topological polar surface area (TPSA) is 49.4 Å². The highest BCUT2D eigenvalue weighted by Gasteiger charge is 2.34. The van der Waals surface area contributed by atoms with Crippen LogP contribution in [-0.2, 0) is 9.84 Å². The molecule has 2 aliphatic heterocycles. The lowest BCUT2D eigenvalue weighted by Crippen LogP contribution is -2.47. The fraction of sp³-hybridized carbons (Fsp3) is 1.00. The summed E-state index contributed by atoms with van der Waals surface area (Å²) in [6.45, 7) is 0.900. The molecule has 2 heterocycles. The highest BCUT2D eigenvalue weighted by molar-refractivity contribution is 7.90. The van der Waals surface area contributed by atoms with Gasteiger partial charge in [-0.1, -0.05) is 0 Å². The SMILES string of the molecule is CN(CCCS(C)(=O)=O)C1CC2CCC(C1)N2. The van der Waals surface area contributed by atoms with Crippen molar-refractivity contribution in [2.45, 2.75) is 50.2 Å². The normalized spacial score (nSPS) is 33.2. The lowest BCUT2D eigenvalue weighted by molar-refractivity contribution is 0.173. The minimum Gasteiger partial charge on any atom is -0.311 e. The molecule has 0 saturated carbocycles. The molecule has 0 aliphatic carbocycles. The Hall–Kier alpha value is -0.130. The van der Waals surface area contributed by atoms with Crippen molar-refractivity contribution in [2.75, 3.05) is 25.6 Å². The Bertz CT molecular complexity index is 344. The summed E-state index contributed by atoms with van der Waals surface area (Å²) in [5.41, 5.74) is 0. The maximum absolute atomic E-state index is 11.1. The molecule has 0 amide bonds. The van der Waals surface area contributed by atoms with Gasteiger partial charge in [-0.15, -0.1) is 0 Å². The van der Waals surface area contributed by atoms with E-state index in [1.807, 2.05) is 0 Å². The van der Waals surface area contributed by atoms with Crippen LogP contribution in [0, 0.1) is 0 Å². The predicted molar refractivity (Wildman–Crippen MR) is 69.9 cm³/mol. The molecule has 17 heavy (non-hydrogen) atoms. The first kappa shape index (κ1) is 13.3. The zero-order chi connectivity index (χ0) is 12.5. The summed E-state index contributed by atoms with van der Waals surface area (Å²) >= 11 is 0. The molecule has 0 aromatic heterocycles. The molecule has 0 aromatic carbocycles. The van der Waals surface area contributed by atoms with Gasteiger partial charge in [-0.25, -0.2) is 8.42 Å². The largest absolute Gasteiger partial charge is 0.311 e. The van der Waals surface area contributed by atoms with E-state index in [2.05, 4.69) is 17.3 Å². The van der Waals surface area contributed by atoms with Gasteiger partial charge in [0.05, 0.1) is 5.75 Å². The van der Waals surface area contributed by atoms with Gasteiger partial charge in [0.15, 0.2) is 0 Å². The van der Waals surface area contributed by atoms with E-state index in [0.717, 1.165) is 13.0 Å². The zero-order valence-electron chi connectivity index (χ0n) is 10.9. The van der Waals surface area contributed by atoms with Gasteiger partial charge in [0.2, 0.25) is 0 Å². The van der Waals surface area contributed by atoms with Gasteiger partial charge < -0.3 is 10.2 Å². The van der Waals surface area contributed by atoms with Gasteiger partial charge in [-0.2, -0.15) is 0 Å². The van der Waals surface area contributed by atoms with E-state index in [-0.39, 0.29) is 0 Å². The summed E-state index contributed by atoms with van der Waals surface area (Å²) in [7, 11) is -0.662. The molecule has 2 saturated heterocycles. The Morgan fingerprint density at radius 2 is 1.82 bits per heavy atom. The lowest BCUT2D eigenvalue weighted by atomic mass is 9.98. The molecule has 2 unspecified atom stereocenters. The number of piperidine rings is 1. The van der Waals surface area contributed by atoms with Crippen molar-refractivity contribution in [1.82, 2.24) is 10.2 Å². The van der Waals surface area contributed by atoms with Crippen molar-refractivity contribution >= 4 is 9.84 Å². The molecule has 2 bridgehead atoms. The number of fused-ring (bicyclic) bond motifs is 2. The molecule has 100 valence electrons. The Morgan fingerprint density at radius 3 is 2.35 bits per heavy atom. The Morgan fingerprint density at radius 1 is 1.24 bits per heavy atom. The van der Waals surface area contributed by atoms with Gasteiger partial charge in [-0.3, -0.25) is 0 Å². The molecule has 5 heteroatoms. The van der Waals surface area contributed by atoms with Gasteiger partial charge >= 0.3 is 0 Å². The molecule has 0 spiro atoms. The number of hydrogen-bond donors (Lipinski definition) is 1. The second-order valence-corrected chi connectivity index (χ2v) is 7.99. The van der Waals surface area contributed by atoms with Crippen LogP contribution in [0.15, 0.2) is 0 Å². The first-order valence-corrected chi connectivity index (χ1v) is 8.64. The summed E-state index contributed by atoms with van der Waals surface area (Å²) < 4.78 is 22.1. The molecule has 2 rings (SSSR count). The van der Waals surface area contributed by atoms with Crippen LogP contribution < -0.4 is 5.32 Å². The molecule has 2 atom stereocenters. The van der Waals surface area contributed by atoms with E-state index in [4.69, 9.17) is 0 Å². The van der Waals surface area contributed by atoms with E-state index in [9.17, 15) is 8.42 Å². The van der Waals surface area contributed by atoms with Crippen LogP contribution in [0.4, 0.5) is 0 Å². The van der Waals surface area contributed by atoms with Crippen molar-refractivity contribution in [3.63, 3.8) is 0 Å². The highest BCUT2D eigenvalue weighted by Crippen LogP contribution is 2.29. The van der Waals surface area contributed by atoms with Crippen molar-refractivity contribution in [2.24, 2.45) is 0 Å². The van der Waals surface area contributed by atoms with Crippen LogP contribution in [0.5, 0.6) is 0 Å². The first-order chi connectivity index (χ1) is 7.94. The maximum Gasteiger partial charge on any atom is 0.147 e. The maximum atomic E-state index is 11.1. The minimum absolute atomic E-state index is 0.315. The van der Waals surface area contributed by atoms with Crippen molar-refractivity contribution < 1.29 is 8.42 Å². The molecule has 4 nitrogen and oxygen atoms in total. The monoisotopic (exact) mass is 260 g/mol. The van der Waals surface area contributed by atoms with Crippen LogP contribution >= 0.6 is 0 Å². The molecule has 2 aliphatic rings. The highest BCUT2D eigenvalue weighted by atomic mass is 32.2. The zero-order valence-corrected chi connectivity index (χ0v) is 11.7. The van der Waals surface area contributed by atoms with Crippen molar-refractivity contribution in [3.8, 4) is 0 Å². The van der Waals surface area contributed by atoms with Gasteiger partial charge in [0.25, 0.3) is 0 Å². The summed E-state index contributed by atoms with van der Waals surface area (Å²) in [4.78, 5) is 2.36. The number of rotatable bonds is 5. The number of hydrogen-bond acceptors (Lipinski definition) is 4. The van der Waals surface area contributed by atoms with E-state index >= 15 is 0 Å². The molecule has 2 fully saturated rings. The van der Waals surface area contributed by atoms with Gasteiger partial charge in [0, 0.05) is 24.4 Å². The average molecular weight is 260 g/mol. The third-order valence-corrected chi connectivity index (χ3v) is 5.13. The first-order valence-electron chi connectivity index (χ1n) is 6.58. The lowest BCUT2D eigenvalue weighted by Gasteiger charge is -2.35. The standard InChI is InChI=1S/C12H24N2O2S/c1-14(6-3-7-17(2,15)16)12-8-10-4-5-11(9-12)13-10/h10-13H,3-9H2,1-2H3. The van der Waals surface area contributed by atoms with Crippen LogP contribution in [0.3, 0.4) is 0 Å². The van der Waals surface area contributed by atoms with E-state index in [1.54, 1.807) is 0 Å². The molecular formula is C12H24N2O2S. The smallest absolute Gasteiger partial charge is 0.147 e. The summed E-state index contributed by atoms with van der Waals surface area (Å²) in [5, 5.41) is 3.63. The number of nitrogens with zero attached hydrogens (tertiary/aromatic N) is 1. The summed E-state index contributed by atoms with van der Waals surface area (Å²) in [5.74, 6) is 0.315. The van der Waals surface area contributed by atoms with Crippen LogP contribution in [0.2, 0.25) is 0 Å². The van der Waals surface area contributed by atoms with E-state index in [1.165, 1.54) is 31.9 Å². The van der Waals surface area contributed by atoms with Gasteiger partial charge in [-0.05, 0) is 45.7 Å². The predicted octanol–water partition coefficient (Wildman–Crippen LogP) is 0.636. The third kappa shape index (κ3) is 3.93. The minimum atomic E-state index is -2.80. The molecule has 0 radical (unpaired) electrons. The Balaban J connectivity index is 1.74. The van der Waals surface area contributed by atoms with Gasteiger partial charge in [0.1, 0.15) is 9.84 Å². The molecule has 0 aromatic rings. The number of sulfone groups is 1. The van der Waals surface area contributed by atoms with Crippen molar-refractivity contribution in [1.29, 1.82) is 0 Å². The fourth-order valence-corrected chi connectivity index (χ4v) is 3.80. The second kappa shape index (κ2) is 5.24. The second-order valence-electron chi connectivity index (χ2n) is 5.73. The quantitative estimate of drug-likeness (QED) is 0.788. The molecule has 1 N–H and O–H groups in total.